The van der Waals surface area contributed by atoms with E-state index < -0.39 is 0 Å². The van der Waals surface area contributed by atoms with E-state index in [0.717, 1.165) is 6.42 Å². The first kappa shape index (κ1) is 8.76. The minimum Gasteiger partial charge on any atom is -0.368 e. The molecule has 0 saturated heterocycles. The van der Waals surface area contributed by atoms with Gasteiger partial charge in [-0.1, -0.05) is 24.3 Å². The number of hydrogen-bond donors (Lipinski definition) is 0. The van der Waals surface area contributed by atoms with Crippen LogP contribution in [0.4, 0.5) is 0 Å². The average Bonchev–Trinajstić information content (AvgIpc) is 2.02. The highest BCUT2D eigenvalue weighted by atomic mass is 16.5. The van der Waals surface area contributed by atoms with Crippen LogP contribution in [0.15, 0.2) is 24.3 Å². The molecule has 1 aliphatic heterocycles. The van der Waals surface area contributed by atoms with Crippen molar-refractivity contribution in [2.24, 2.45) is 0 Å². The van der Waals surface area contributed by atoms with Crippen molar-refractivity contribution in [2.75, 3.05) is 0 Å². The Kier molecular flexibility index (Phi) is 1.92. The molecule has 1 heterocycles. The number of hydrogen-bond acceptors (Lipinski definition) is 1. The average molecular weight is 176 g/mol. The number of ether oxygens (including phenoxy) is 1. The lowest BCUT2D eigenvalue weighted by Crippen LogP contribution is -2.34. The van der Waals surface area contributed by atoms with E-state index in [9.17, 15) is 0 Å². The highest BCUT2D eigenvalue weighted by molar-refractivity contribution is 5.33. The molecule has 1 aromatic carbocycles. The molecule has 13 heavy (non-hydrogen) atoms. The quantitative estimate of drug-likeness (QED) is 0.590. The van der Waals surface area contributed by atoms with Crippen LogP contribution in [0.1, 0.15) is 31.9 Å². The van der Waals surface area contributed by atoms with Crippen molar-refractivity contribution in [3.63, 3.8) is 0 Å². The van der Waals surface area contributed by atoms with Crippen molar-refractivity contribution >= 4 is 0 Å². The summed E-state index contributed by atoms with van der Waals surface area (Å²) in [5.41, 5.74) is 2.66. The minimum absolute atomic E-state index is 0.117. The Balaban J connectivity index is 2.50. The Labute approximate surface area is 79.7 Å². The topological polar surface area (TPSA) is 9.23 Å². The maximum atomic E-state index is 5.90. The zero-order chi connectivity index (χ0) is 9.47. The standard InChI is InChI=1S/C12H16O/c1-9-8-10-6-4-5-7-11(10)12(2,3)13-9/h4-7,9H,8H2,1-3H3. The van der Waals surface area contributed by atoms with Crippen molar-refractivity contribution in [3.8, 4) is 0 Å². The van der Waals surface area contributed by atoms with Crippen LogP contribution < -0.4 is 0 Å². The van der Waals surface area contributed by atoms with Crippen LogP contribution in [0.3, 0.4) is 0 Å². The lowest BCUT2D eigenvalue weighted by molar-refractivity contribution is -0.0793. The zero-order valence-corrected chi connectivity index (χ0v) is 8.50. The molecule has 1 nitrogen and oxygen atoms in total. The van der Waals surface area contributed by atoms with Crippen LogP contribution in [0.2, 0.25) is 0 Å². The third kappa shape index (κ3) is 1.49. The maximum absolute atomic E-state index is 5.90. The van der Waals surface area contributed by atoms with E-state index in [1.807, 2.05) is 0 Å². The lowest BCUT2D eigenvalue weighted by atomic mass is 9.87. The van der Waals surface area contributed by atoms with Gasteiger partial charge in [0.05, 0.1) is 11.7 Å². The van der Waals surface area contributed by atoms with Gasteiger partial charge in [0.25, 0.3) is 0 Å². The SMILES string of the molecule is CC1Cc2ccccc2C(C)(C)O1. The van der Waals surface area contributed by atoms with Crippen LogP contribution in [0.25, 0.3) is 0 Å². The molecule has 70 valence electrons. The molecule has 0 fully saturated rings. The fourth-order valence-electron chi connectivity index (χ4n) is 2.20. The van der Waals surface area contributed by atoms with E-state index in [4.69, 9.17) is 4.74 Å². The van der Waals surface area contributed by atoms with Gasteiger partial charge in [0, 0.05) is 0 Å². The molecule has 1 aromatic rings. The zero-order valence-electron chi connectivity index (χ0n) is 8.50. The minimum atomic E-state index is -0.117. The summed E-state index contributed by atoms with van der Waals surface area (Å²) in [6.45, 7) is 6.42. The van der Waals surface area contributed by atoms with Gasteiger partial charge in [0.1, 0.15) is 0 Å². The smallest absolute Gasteiger partial charge is 0.0881 e. The van der Waals surface area contributed by atoms with Crippen molar-refractivity contribution in [1.82, 2.24) is 0 Å². The van der Waals surface area contributed by atoms with E-state index in [0.29, 0.717) is 6.10 Å². The summed E-state index contributed by atoms with van der Waals surface area (Å²) in [5, 5.41) is 0. The first-order valence-corrected chi connectivity index (χ1v) is 4.86. The number of benzene rings is 1. The molecular weight excluding hydrogens is 160 g/mol. The second-order valence-electron chi connectivity index (χ2n) is 4.30. The van der Waals surface area contributed by atoms with Gasteiger partial charge in [0.15, 0.2) is 0 Å². The molecule has 0 bridgehead atoms. The van der Waals surface area contributed by atoms with Gasteiger partial charge in [-0.3, -0.25) is 0 Å². The van der Waals surface area contributed by atoms with Crippen molar-refractivity contribution in [3.05, 3.63) is 35.4 Å². The highest BCUT2D eigenvalue weighted by Gasteiger charge is 2.30. The fourth-order valence-corrected chi connectivity index (χ4v) is 2.20. The second kappa shape index (κ2) is 2.85. The largest absolute Gasteiger partial charge is 0.368 e. The van der Waals surface area contributed by atoms with Crippen LogP contribution in [-0.4, -0.2) is 6.10 Å². The summed E-state index contributed by atoms with van der Waals surface area (Å²) < 4.78 is 5.90. The normalized spacial score (nSPS) is 25.3. The summed E-state index contributed by atoms with van der Waals surface area (Å²) >= 11 is 0. The molecule has 0 N–H and O–H groups in total. The number of fused-ring (bicyclic) bond motifs is 1. The maximum Gasteiger partial charge on any atom is 0.0881 e. The molecule has 0 radical (unpaired) electrons. The van der Waals surface area contributed by atoms with Gasteiger partial charge < -0.3 is 4.74 Å². The predicted octanol–water partition coefficient (Wildman–Crippen LogP) is 2.88. The molecule has 2 rings (SSSR count). The van der Waals surface area contributed by atoms with Gasteiger partial charge in [-0.25, -0.2) is 0 Å². The Hall–Kier alpha value is -0.820. The van der Waals surface area contributed by atoms with Crippen molar-refractivity contribution in [2.45, 2.75) is 38.9 Å². The van der Waals surface area contributed by atoms with Crippen LogP contribution in [0, 0.1) is 0 Å². The van der Waals surface area contributed by atoms with Gasteiger partial charge in [0.2, 0.25) is 0 Å². The van der Waals surface area contributed by atoms with Crippen LogP contribution in [-0.2, 0) is 16.8 Å². The molecule has 1 aliphatic rings. The first-order valence-electron chi connectivity index (χ1n) is 4.86. The summed E-state index contributed by atoms with van der Waals surface area (Å²) in [5.74, 6) is 0. The monoisotopic (exact) mass is 176 g/mol. The Morgan fingerprint density at radius 2 is 2.00 bits per heavy atom. The summed E-state index contributed by atoms with van der Waals surface area (Å²) in [6, 6.07) is 8.56. The Morgan fingerprint density at radius 1 is 1.31 bits per heavy atom. The van der Waals surface area contributed by atoms with E-state index in [1.165, 1.54) is 11.1 Å². The molecule has 0 amide bonds. The molecule has 1 unspecified atom stereocenters. The molecular formula is C12H16O. The highest BCUT2D eigenvalue weighted by Crippen LogP contribution is 2.34. The molecule has 0 spiro atoms. The van der Waals surface area contributed by atoms with Gasteiger partial charge in [-0.2, -0.15) is 0 Å². The number of rotatable bonds is 0. The van der Waals surface area contributed by atoms with Crippen LogP contribution in [0.5, 0.6) is 0 Å². The summed E-state index contributed by atoms with van der Waals surface area (Å²) in [7, 11) is 0. The second-order valence-corrected chi connectivity index (χ2v) is 4.30. The molecule has 0 aliphatic carbocycles. The molecule has 1 atom stereocenters. The Morgan fingerprint density at radius 3 is 2.77 bits per heavy atom. The molecule has 0 aromatic heterocycles. The van der Waals surface area contributed by atoms with E-state index in [-0.39, 0.29) is 5.60 Å². The third-order valence-corrected chi connectivity index (χ3v) is 2.67. The summed E-state index contributed by atoms with van der Waals surface area (Å²) in [6.07, 6.45) is 1.38. The lowest BCUT2D eigenvalue weighted by Gasteiger charge is -2.36. The van der Waals surface area contributed by atoms with Crippen molar-refractivity contribution < 1.29 is 4.74 Å². The summed E-state index contributed by atoms with van der Waals surface area (Å²) in [4.78, 5) is 0. The van der Waals surface area contributed by atoms with Crippen LogP contribution >= 0.6 is 0 Å². The third-order valence-electron chi connectivity index (χ3n) is 2.67. The van der Waals surface area contributed by atoms with Gasteiger partial charge in [-0.05, 0) is 38.3 Å². The molecule has 0 saturated carbocycles. The van der Waals surface area contributed by atoms with Gasteiger partial charge >= 0.3 is 0 Å². The van der Waals surface area contributed by atoms with E-state index in [2.05, 4.69) is 45.0 Å². The van der Waals surface area contributed by atoms with Gasteiger partial charge in [-0.15, -0.1) is 0 Å². The molecule has 1 heteroatoms. The van der Waals surface area contributed by atoms with Crippen molar-refractivity contribution in [1.29, 1.82) is 0 Å². The Bertz CT molecular complexity index is 315. The van der Waals surface area contributed by atoms with E-state index in [1.54, 1.807) is 0 Å². The fraction of sp³-hybridized carbons (Fsp3) is 0.500. The van der Waals surface area contributed by atoms with E-state index >= 15 is 0 Å². The first-order chi connectivity index (χ1) is 6.09. The predicted molar refractivity (Wildman–Crippen MR) is 53.7 cm³/mol.